The topological polar surface area (TPSA) is 60.9 Å². The summed E-state index contributed by atoms with van der Waals surface area (Å²) >= 11 is 2.57. The van der Waals surface area contributed by atoms with Crippen LogP contribution in [-0.4, -0.2) is 9.55 Å². The summed E-state index contributed by atoms with van der Waals surface area (Å²) in [6, 6.07) is 0. The zero-order chi connectivity index (χ0) is 9.26. The highest BCUT2D eigenvalue weighted by Crippen LogP contribution is 2.11. The Hall–Kier alpha value is -1.14. The molecule has 0 fully saturated rings. The van der Waals surface area contributed by atoms with Crippen molar-refractivity contribution in [2.24, 2.45) is 0 Å². The first kappa shape index (κ1) is 8.46. The van der Waals surface area contributed by atoms with Gasteiger partial charge in [-0.05, 0) is 0 Å². The Morgan fingerprint density at radius 1 is 1.54 bits per heavy atom. The molecule has 13 heavy (non-hydrogen) atoms. The fourth-order valence-corrected chi connectivity index (χ4v) is 2.12. The van der Waals surface area contributed by atoms with Crippen LogP contribution in [0.2, 0.25) is 0 Å². The van der Waals surface area contributed by atoms with Gasteiger partial charge in [0.15, 0.2) is 5.13 Å². The molecular weight excluding hydrogens is 206 g/mol. The monoisotopic (exact) mass is 213 g/mol. The minimum Gasteiger partial charge on any atom is -0.375 e. The summed E-state index contributed by atoms with van der Waals surface area (Å²) in [4.78, 5) is 15.3. The summed E-state index contributed by atoms with van der Waals surface area (Å²) in [5.74, 6) is 0. The molecule has 0 aliphatic rings. The lowest BCUT2D eigenvalue weighted by Crippen LogP contribution is -2.12. The van der Waals surface area contributed by atoms with Gasteiger partial charge in [0.25, 0.3) is 0 Å². The van der Waals surface area contributed by atoms with E-state index in [0.717, 1.165) is 5.69 Å². The van der Waals surface area contributed by atoms with E-state index in [1.54, 1.807) is 16.1 Å². The molecule has 2 aromatic heterocycles. The van der Waals surface area contributed by atoms with Gasteiger partial charge in [0, 0.05) is 17.0 Å². The molecule has 0 bridgehead atoms. The standard InChI is InChI=1S/C7H7N3OS2/c8-6-9-5(4-13-6)3-10-1-2-12-7(10)11/h1-2,4H,3H2,(H2,8,9). The predicted octanol–water partition coefficient (Wildman–Crippen LogP) is 0.997. The highest BCUT2D eigenvalue weighted by atomic mass is 32.1. The lowest BCUT2D eigenvalue weighted by Gasteiger charge is -1.95. The van der Waals surface area contributed by atoms with Gasteiger partial charge in [0.2, 0.25) is 0 Å². The Morgan fingerprint density at radius 3 is 2.92 bits per heavy atom. The van der Waals surface area contributed by atoms with Gasteiger partial charge >= 0.3 is 4.87 Å². The molecule has 2 aromatic rings. The molecule has 2 rings (SSSR count). The van der Waals surface area contributed by atoms with Crippen LogP contribution in [0.25, 0.3) is 0 Å². The second-order valence-corrected chi connectivity index (χ2v) is 4.22. The van der Waals surface area contributed by atoms with Gasteiger partial charge in [-0.3, -0.25) is 9.36 Å². The molecule has 0 unspecified atom stereocenters. The van der Waals surface area contributed by atoms with Crippen LogP contribution >= 0.6 is 22.7 Å². The molecule has 68 valence electrons. The number of rotatable bonds is 2. The first-order valence-electron chi connectivity index (χ1n) is 3.59. The molecule has 0 aromatic carbocycles. The van der Waals surface area contributed by atoms with Crippen molar-refractivity contribution < 1.29 is 0 Å². The largest absolute Gasteiger partial charge is 0.375 e. The molecule has 0 amide bonds. The quantitative estimate of drug-likeness (QED) is 0.809. The maximum absolute atomic E-state index is 11.2. The predicted molar refractivity (Wildman–Crippen MR) is 54.2 cm³/mol. The SMILES string of the molecule is Nc1nc(Cn2ccsc2=O)cs1. The van der Waals surface area contributed by atoms with Crippen LogP contribution in [0, 0.1) is 0 Å². The minimum absolute atomic E-state index is 0.0339. The minimum atomic E-state index is 0.0339. The van der Waals surface area contributed by atoms with Gasteiger partial charge in [-0.1, -0.05) is 11.3 Å². The van der Waals surface area contributed by atoms with Crippen LogP contribution < -0.4 is 10.6 Å². The van der Waals surface area contributed by atoms with Crippen molar-refractivity contribution in [2.45, 2.75) is 6.54 Å². The van der Waals surface area contributed by atoms with E-state index >= 15 is 0 Å². The summed E-state index contributed by atoms with van der Waals surface area (Å²) < 4.78 is 1.61. The van der Waals surface area contributed by atoms with Crippen LogP contribution in [0.5, 0.6) is 0 Å². The van der Waals surface area contributed by atoms with Crippen molar-refractivity contribution in [3.05, 3.63) is 32.3 Å². The number of anilines is 1. The Balaban J connectivity index is 2.24. The van der Waals surface area contributed by atoms with Crippen molar-refractivity contribution in [1.29, 1.82) is 0 Å². The second-order valence-electron chi connectivity index (χ2n) is 2.47. The van der Waals surface area contributed by atoms with Crippen LogP contribution in [0.15, 0.2) is 21.8 Å². The third-order valence-electron chi connectivity index (χ3n) is 1.55. The second kappa shape index (κ2) is 3.31. The third-order valence-corrected chi connectivity index (χ3v) is 2.96. The maximum atomic E-state index is 11.2. The van der Waals surface area contributed by atoms with Crippen LogP contribution in [0.1, 0.15) is 5.69 Å². The smallest absolute Gasteiger partial charge is 0.307 e. The number of hydrogen-bond donors (Lipinski definition) is 1. The van der Waals surface area contributed by atoms with E-state index in [1.807, 2.05) is 5.38 Å². The molecule has 0 aliphatic heterocycles. The van der Waals surface area contributed by atoms with E-state index in [4.69, 9.17) is 5.73 Å². The summed E-state index contributed by atoms with van der Waals surface area (Å²) in [6.07, 6.45) is 1.75. The van der Waals surface area contributed by atoms with E-state index < -0.39 is 0 Å². The fraction of sp³-hybridized carbons (Fsp3) is 0.143. The van der Waals surface area contributed by atoms with Gasteiger partial charge in [-0.25, -0.2) is 4.98 Å². The van der Waals surface area contributed by atoms with Gasteiger partial charge in [0.1, 0.15) is 0 Å². The highest BCUT2D eigenvalue weighted by Gasteiger charge is 2.01. The number of nitrogen functional groups attached to an aromatic ring is 1. The summed E-state index contributed by atoms with van der Waals surface area (Å²) in [5, 5.41) is 4.16. The average Bonchev–Trinajstić information content (AvgIpc) is 2.64. The van der Waals surface area contributed by atoms with Gasteiger partial charge in [-0.2, -0.15) is 0 Å². The number of nitrogens with zero attached hydrogens (tertiary/aromatic N) is 2. The van der Waals surface area contributed by atoms with Crippen molar-refractivity contribution in [3.8, 4) is 0 Å². The lowest BCUT2D eigenvalue weighted by atomic mass is 10.5. The lowest BCUT2D eigenvalue weighted by molar-refractivity contribution is 0.767. The van der Waals surface area contributed by atoms with Crippen LogP contribution in [0.4, 0.5) is 5.13 Å². The first-order valence-corrected chi connectivity index (χ1v) is 5.35. The van der Waals surface area contributed by atoms with Gasteiger partial charge in [-0.15, -0.1) is 11.3 Å². The molecule has 2 heterocycles. The van der Waals surface area contributed by atoms with E-state index in [0.29, 0.717) is 11.7 Å². The third kappa shape index (κ3) is 1.78. The number of thiazole rings is 2. The fourth-order valence-electron chi connectivity index (χ4n) is 0.978. The molecule has 4 nitrogen and oxygen atoms in total. The zero-order valence-electron chi connectivity index (χ0n) is 6.64. The molecule has 0 saturated heterocycles. The molecular formula is C7H7N3OS2. The first-order chi connectivity index (χ1) is 6.25. The van der Waals surface area contributed by atoms with E-state index in [-0.39, 0.29) is 4.87 Å². The Kier molecular flexibility index (Phi) is 2.15. The molecule has 0 atom stereocenters. The summed E-state index contributed by atoms with van der Waals surface area (Å²) in [6.45, 7) is 0.510. The number of nitrogens with two attached hydrogens (primary N) is 1. The average molecular weight is 213 g/mol. The van der Waals surface area contributed by atoms with E-state index in [1.165, 1.54) is 22.7 Å². The Labute approximate surface area is 82.3 Å². The molecule has 0 saturated carbocycles. The van der Waals surface area contributed by atoms with Crippen molar-refractivity contribution in [1.82, 2.24) is 9.55 Å². The normalized spacial score (nSPS) is 10.5. The van der Waals surface area contributed by atoms with Crippen molar-refractivity contribution in [3.63, 3.8) is 0 Å². The van der Waals surface area contributed by atoms with Crippen molar-refractivity contribution >= 4 is 27.8 Å². The molecule has 0 spiro atoms. The van der Waals surface area contributed by atoms with Gasteiger partial charge < -0.3 is 5.73 Å². The molecule has 6 heteroatoms. The molecule has 2 N–H and O–H groups in total. The van der Waals surface area contributed by atoms with Crippen LogP contribution in [-0.2, 0) is 6.54 Å². The van der Waals surface area contributed by atoms with Crippen molar-refractivity contribution in [2.75, 3.05) is 5.73 Å². The zero-order valence-corrected chi connectivity index (χ0v) is 8.27. The number of hydrogen-bond acceptors (Lipinski definition) is 5. The van der Waals surface area contributed by atoms with Gasteiger partial charge in [0.05, 0.1) is 12.2 Å². The summed E-state index contributed by atoms with van der Waals surface area (Å²) in [7, 11) is 0. The van der Waals surface area contributed by atoms with E-state index in [9.17, 15) is 4.79 Å². The molecule has 0 aliphatic carbocycles. The molecule has 0 radical (unpaired) electrons. The Bertz CT molecular complexity index is 456. The van der Waals surface area contributed by atoms with E-state index in [2.05, 4.69) is 4.98 Å². The Morgan fingerprint density at radius 2 is 2.38 bits per heavy atom. The maximum Gasteiger partial charge on any atom is 0.307 e. The summed E-state index contributed by atoms with van der Waals surface area (Å²) in [5.41, 5.74) is 6.30. The highest BCUT2D eigenvalue weighted by molar-refractivity contribution is 7.13. The van der Waals surface area contributed by atoms with Crippen LogP contribution in [0.3, 0.4) is 0 Å². The number of aromatic nitrogens is 2.